The van der Waals surface area contributed by atoms with Crippen molar-refractivity contribution in [2.45, 2.75) is 20.3 Å². The first-order valence-corrected chi connectivity index (χ1v) is 10.8. The van der Waals surface area contributed by atoms with Crippen LogP contribution in [0, 0.1) is 0 Å². The topological polar surface area (TPSA) is 94.2 Å². The maximum atomic E-state index is 13.1. The van der Waals surface area contributed by atoms with Crippen LogP contribution < -0.4 is 24.4 Å². The highest BCUT2D eigenvalue weighted by molar-refractivity contribution is 9.10. The molecule has 0 atom stereocenters. The second-order valence-corrected chi connectivity index (χ2v) is 7.62. The van der Waals surface area contributed by atoms with Gasteiger partial charge in [0.2, 0.25) is 0 Å². The fourth-order valence-corrected chi connectivity index (χ4v) is 3.66. The van der Waals surface area contributed by atoms with Crippen molar-refractivity contribution in [1.82, 2.24) is 5.32 Å². The molecule has 0 unspecified atom stereocenters. The Balaban J connectivity index is 1.96. The fraction of sp³-hybridized carbons (Fsp3) is 0.261. The molecule has 1 saturated heterocycles. The Hall–Kier alpha value is -3.33. The molecule has 0 saturated carbocycles. The van der Waals surface area contributed by atoms with Crippen LogP contribution in [0.3, 0.4) is 0 Å². The molecular weight excluding hydrogens is 480 g/mol. The average molecular weight is 503 g/mol. The Bertz CT molecular complexity index is 1060. The first kappa shape index (κ1) is 23.3. The lowest BCUT2D eigenvalue weighted by Crippen LogP contribution is -2.54. The molecule has 0 spiro atoms. The number of benzene rings is 2. The maximum absolute atomic E-state index is 13.1. The first-order valence-electron chi connectivity index (χ1n) is 10.0. The Morgan fingerprint density at radius 3 is 2.41 bits per heavy atom. The Kier molecular flexibility index (Phi) is 7.53. The number of imide groups is 2. The van der Waals surface area contributed by atoms with Crippen molar-refractivity contribution in [2.24, 2.45) is 0 Å². The molecule has 9 heteroatoms. The second kappa shape index (κ2) is 10.3. The summed E-state index contributed by atoms with van der Waals surface area (Å²) in [7, 11) is 1.50. The number of amides is 4. The molecule has 2 aromatic carbocycles. The lowest BCUT2D eigenvalue weighted by Gasteiger charge is -2.26. The number of nitrogens with one attached hydrogen (secondary N) is 1. The third kappa shape index (κ3) is 4.94. The van der Waals surface area contributed by atoms with Crippen LogP contribution in [0.5, 0.6) is 17.2 Å². The predicted molar refractivity (Wildman–Crippen MR) is 123 cm³/mol. The van der Waals surface area contributed by atoms with E-state index in [0.29, 0.717) is 46.2 Å². The molecule has 1 fully saturated rings. The molecule has 0 radical (unpaired) electrons. The molecular formula is C23H23BrN2O6. The van der Waals surface area contributed by atoms with Crippen LogP contribution >= 0.6 is 15.9 Å². The summed E-state index contributed by atoms with van der Waals surface area (Å²) in [5.41, 5.74) is 0.656. The zero-order chi connectivity index (χ0) is 23.3. The van der Waals surface area contributed by atoms with Crippen molar-refractivity contribution in [2.75, 3.05) is 25.2 Å². The molecule has 1 aliphatic heterocycles. The fourth-order valence-electron chi connectivity index (χ4n) is 3.08. The van der Waals surface area contributed by atoms with Gasteiger partial charge in [0.1, 0.15) is 11.3 Å². The van der Waals surface area contributed by atoms with Crippen LogP contribution in [-0.4, -0.2) is 38.2 Å². The van der Waals surface area contributed by atoms with Crippen molar-refractivity contribution < 1.29 is 28.6 Å². The van der Waals surface area contributed by atoms with Gasteiger partial charge >= 0.3 is 6.03 Å². The van der Waals surface area contributed by atoms with Gasteiger partial charge in [-0.15, -0.1) is 0 Å². The van der Waals surface area contributed by atoms with Gasteiger partial charge in [-0.3, -0.25) is 14.9 Å². The highest BCUT2D eigenvalue weighted by Gasteiger charge is 2.36. The summed E-state index contributed by atoms with van der Waals surface area (Å²) in [5, 5.41) is 2.21. The van der Waals surface area contributed by atoms with Crippen molar-refractivity contribution in [3.05, 3.63) is 52.0 Å². The second-order valence-electron chi connectivity index (χ2n) is 6.77. The van der Waals surface area contributed by atoms with E-state index in [2.05, 4.69) is 21.2 Å². The van der Waals surface area contributed by atoms with E-state index >= 15 is 0 Å². The minimum absolute atomic E-state index is 0.185. The summed E-state index contributed by atoms with van der Waals surface area (Å²) >= 11 is 3.45. The number of barbiturate groups is 1. The van der Waals surface area contributed by atoms with Crippen molar-refractivity contribution in [3.63, 3.8) is 0 Å². The number of anilines is 1. The molecule has 2 aromatic rings. The summed E-state index contributed by atoms with van der Waals surface area (Å²) in [6.45, 7) is 4.85. The summed E-state index contributed by atoms with van der Waals surface area (Å²) in [6.07, 6.45) is 2.23. The zero-order valence-electron chi connectivity index (χ0n) is 17.9. The van der Waals surface area contributed by atoms with E-state index in [4.69, 9.17) is 14.2 Å². The Labute approximate surface area is 194 Å². The van der Waals surface area contributed by atoms with Gasteiger partial charge in [0, 0.05) is 0 Å². The first-order chi connectivity index (χ1) is 15.4. The summed E-state index contributed by atoms with van der Waals surface area (Å²) in [4.78, 5) is 38.8. The number of ether oxygens (including phenoxy) is 3. The summed E-state index contributed by atoms with van der Waals surface area (Å²) < 4.78 is 17.1. The predicted octanol–water partition coefficient (Wildman–Crippen LogP) is 4.31. The van der Waals surface area contributed by atoms with Gasteiger partial charge in [-0.1, -0.05) is 6.92 Å². The Morgan fingerprint density at radius 1 is 1.06 bits per heavy atom. The average Bonchev–Trinajstić information content (AvgIpc) is 2.76. The minimum atomic E-state index is -0.816. The highest BCUT2D eigenvalue weighted by atomic mass is 79.9. The van der Waals surface area contributed by atoms with Crippen molar-refractivity contribution >= 4 is 45.5 Å². The van der Waals surface area contributed by atoms with Crippen molar-refractivity contribution in [1.29, 1.82) is 0 Å². The van der Waals surface area contributed by atoms with E-state index in [1.54, 1.807) is 36.4 Å². The van der Waals surface area contributed by atoms with Gasteiger partial charge in [0.05, 0.1) is 30.5 Å². The molecule has 0 bridgehead atoms. The van der Waals surface area contributed by atoms with Gasteiger partial charge in [-0.05, 0) is 77.3 Å². The highest BCUT2D eigenvalue weighted by Crippen LogP contribution is 2.37. The molecule has 1 aliphatic rings. The van der Waals surface area contributed by atoms with E-state index in [1.165, 1.54) is 13.2 Å². The van der Waals surface area contributed by atoms with Crippen LogP contribution in [0.15, 0.2) is 46.4 Å². The van der Waals surface area contributed by atoms with E-state index in [1.807, 2.05) is 13.8 Å². The van der Waals surface area contributed by atoms with Crippen LogP contribution in [0.1, 0.15) is 25.8 Å². The maximum Gasteiger partial charge on any atom is 0.335 e. The number of carbonyl (C=O) groups is 3. The lowest BCUT2D eigenvalue weighted by molar-refractivity contribution is -0.122. The van der Waals surface area contributed by atoms with Crippen LogP contribution in [0.4, 0.5) is 10.5 Å². The number of urea groups is 1. The van der Waals surface area contributed by atoms with Crippen LogP contribution in [0.2, 0.25) is 0 Å². The number of methoxy groups -OCH3 is 1. The molecule has 168 valence electrons. The lowest BCUT2D eigenvalue weighted by atomic mass is 10.1. The van der Waals surface area contributed by atoms with E-state index in [0.717, 1.165) is 11.3 Å². The van der Waals surface area contributed by atoms with Gasteiger partial charge in [0.15, 0.2) is 11.5 Å². The van der Waals surface area contributed by atoms with Gasteiger partial charge in [0.25, 0.3) is 11.8 Å². The monoisotopic (exact) mass is 502 g/mol. The molecule has 4 amide bonds. The van der Waals surface area contributed by atoms with E-state index in [-0.39, 0.29) is 5.57 Å². The molecule has 8 nitrogen and oxygen atoms in total. The van der Waals surface area contributed by atoms with Gasteiger partial charge < -0.3 is 14.2 Å². The largest absolute Gasteiger partial charge is 0.494 e. The number of halogens is 1. The third-order valence-electron chi connectivity index (χ3n) is 4.52. The SMILES string of the molecule is CCCOc1c(Br)cc(/C=C2/C(=O)NC(=O)N(c3ccc(OCC)cc3)C2=O)cc1OC. The molecule has 32 heavy (non-hydrogen) atoms. The number of nitrogens with zero attached hydrogens (tertiary/aromatic N) is 1. The minimum Gasteiger partial charge on any atom is -0.494 e. The van der Waals surface area contributed by atoms with Crippen molar-refractivity contribution in [3.8, 4) is 17.2 Å². The quantitative estimate of drug-likeness (QED) is 0.426. The Morgan fingerprint density at radius 2 is 1.78 bits per heavy atom. The molecule has 0 aromatic heterocycles. The standard InChI is InChI=1S/C23H23BrN2O6/c1-4-10-32-20-18(24)12-14(13-19(20)30-3)11-17-21(27)25-23(29)26(22(17)28)15-6-8-16(9-7-15)31-5-2/h6-9,11-13H,4-5,10H2,1-3H3,(H,25,27,29)/b17-11-. The number of hydrogen-bond donors (Lipinski definition) is 1. The smallest absolute Gasteiger partial charge is 0.335 e. The molecule has 3 rings (SSSR count). The molecule has 1 N–H and O–H groups in total. The van der Waals surface area contributed by atoms with E-state index in [9.17, 15) is 14.4 Å². The molecule has 0 aliphatic carbocycles. The number of rotatable bonds is 8. The number of hydrogen-bond acceptors (Lipinski definition) is 6. The summed E-state index contributed by atoms with van der Waals surface area (Å²) in [6, 6.07) is 9.00. The van der Waals surface area contributed by atoms with Gasteiger partial charge in [-0.25, -0.2) is 9.69 Å². The number of carbonyl (C=O) groups excluding carboxylic acids is 3. The van der Waals surface area contributed by atoms with Crippen LogP contribution in [-0.2, 0) is 9.59 Å². The normalized spacial score (nSPS) is 15.1. The third-order valence-corrected chi connectivity index (χ3v) is 5.11. The zero-order valence-corrected chi connectivity index (χ0v) is 19.5. The van der Waals surface area contributed by atoms with E-state index < -0.39 is 17.8 Å². The van der Waals surface area contributed by atoms with Crippen LogP contribution in [0.25, 0.3) is 6.08 Å². The summed E-state index contributed by atoms with van der Waals surface area (Å²) in [5.74, 6) is 0.0769. The molecule has 1 heterocycles. The van der Waals surface area contributed by atoms with Gasteiger partial charge in [-0.2, -0.15) is 0 Å².